The van der Waals surface area contributed by atoms with Crippen LogP contribution in [0.5, 0.6) is 0 Å². The molecule has 1 aliphatic heterocycles. The van der Waals surface area contributed by atoms with Crippen LogP contribution >= 0.6 is 11.6 Å². The summed E-state index contributed by atoms with van der Waals surface area (Å²) in [5.74, 6) is 2.19. The van der Waals surface area contributed by atoms with E-state index >= 15 is 0 Å². The minimum absolute atomic E-state index is 0.289. The van der Waals surface area contributed by atoms with E-state index in [1.54, 1.807) is 0 Å². The first-order chi connectivity index (χ1) is 8.65. The lowest BCUT2D eigenvalue weighted by Crippen LogP contribution is -2.36. The van der Waals surface area contributed by atoms with Crippen molar-refractivity contribution in [1.82, 2.24) is 9.97 Å². The van der Waals surface area contributed by atoms with Gasteiger partial charge in [-0.25, -0.2) is 9.97 Å². The normalized spacial score (nSPS) is 17.2. The van der Waals surface area contributed by atoms with E-state index < -0.39 is 0 Å². The smallest absolute Gasteiger partial charge is 0.137 e. The molecule has 5 heteroatoms. The minimum Gasteiger partial charge on any atom is -0.396 e. The first-order valence-corrected chi connectivity index (χ1v) is 6.92. The number of piperidine rings is 1. The van der Waals surface area contributed by atoms with Crippen molar-refractivity contribution < 1.29 is 5.11 Å². The third-order valence-corrected chi connectivity index (χ3v) is 3.96. The predicted octanol–water partition coefficient (Wildman–Crippen LogP) is 2.21. The molecule has 1 aliphatic rings. The third kappa shape index (κ3) is 2.75. The first-order valence-electron chi connectivity index (χ1n) is 6.54. The van der Waals surface area contributed by atoms with Crippen molar-refractivity contribution in [1.29, 1.82) is 0 Å². The number of rotatable bonds is 3. The molecule has 18 heavy (non-hydrogen) atoms. The van der Waals surface area contributed by atoms with Crippen molar-refractivity contribution in [3.8, 4) is 0 Å². The topological polar surface area (TPSA) is 49.2 Å². The summed E-state index contributed by atoms with van der Waals surface area (Å²) >= 11 is 6.16. The van der Waals surface area contributed by atoms with Crippen LogP contribution < -0.4 is 4.90 Å². The van der Waals surface area contributed by atoms with E-state index in [0.717, 1.165) is 49.6 Å². The molecule has 0 bridgehead atoms. The van der Waals surface area contributed by atoms with Gasteiger partial charge in [-0.3, -0.25) is 0 Å². The van der Waals surface area contributed by atoms with Crippen molar-refractivity contribution in [2.24, 2.45) is 5.92 Å². The van der Waals surface area contributed by atoms with Gasteiger partial charge in [0.2, 0.25) is 0 Å². The first kappa shape index (κ1) is 13.6. The fourth-order valence-corrected chi connectivity index (χ4v) is 2.50. The summed E-state index contributed by atoms with van der Waals surface area (Å²) in [6, 6.07) is 0. The molecule has 0 radical (unpaired) electrons. The Hall–Kier alpha value is -0.870. The fourth-order valence-electron chi connectivity index (χ4n) is 2.31. The average Bonchev–Trinajstić information content (AvgIpc) is 2.42. The van der Waals surface area contributed by atoms with Crippen LogP contribution in [0.3, 0.4) is 0 Å². The quantitative estimate of drug-likeness (QED) is 0.855. The summed E-state index contributed by atoms with van der Waals surface area (Å²) in [5, 5.41) is 9.72. The van der Waals surface area contributed by atoms with Gasteiger partial charge in [0.25, 0.3) is 0 Å². The molecule has 0 spiro atoms. The highest BCUT2D eigenvalue weighted by Gasteiger charge is 2.22. The summed E-state index contributed by atoms with van der Waals surface area (Å²) < 4.78 is 0. The number of aromatic nitrogens is 2. The molecule has 1 aromatic heterocycles. The summed E-state index contributed by atoms with van der Waals surface area (Å²) in [4.78, 5) is 11.1. The maximum atomic E-state index is 9.16. The second-order valence-corrected chi connectivity index (χ2v) is 5.20. The highest BCUT2D eigenvalue weighted by Crippen LogP contribution is 2.27. The van der Waals surface area contributed by atoms with Gasteiger partial charge < -0.3 is 10.0 Å². The molecule has 4 nitrogen and oxygen atoms in total. The van der Waals surface area contributed by atoms with Crippen LogP contribution in [-0.4, -0.2) is 34.8 Å². The Bertz CT molecular complexity index is 417. The van der Waals surface area contributed by atoms with Crippen molar-refractivity contribution in [2.75, 3.05) is 24.6 Å². The van der Waals surface area contributed by atoms with Gasteiger partial charge in [-0.1, -0.05) is 18.5 Å². The maximum absolute atomic E-state index is 9.16. The molecule has 0 atom stereocenters. The van der Waals surface area contributed by atoms with Gasteiger partial charge >= 0.3 is 0 Å². The molecule has 0 unspecified atom stereocenters. The lowest BCUT2D eigenvalue weighted by atomic mass is 9.98. The third-order valence-electron chi connectivity index (χ3n) is 3.60. The number of hydrogen-bond acceptors (Lipinski definition) is 4. The highest BCUT2D eigenvalue weighted by molar-refractivity contribution is 6.30. The average molecular weight is 270 g/mol. The Labute approximate surface area is 113 Å². The number of aliphatic hydroxyl groups is 1. The molecule has 1 N–H and O–H groups in total. The van der Waals surface area contributed by atoms with Crippen LogP contribution in [0.25, 0.3) is 0 Å². The minimum atomic E-state index is 0.289. The fraction of sp³-hybridized carbons (Fsp3) is 0.692. The Morgan fingerprint density at radius 3 is 2.56 bits per heavy atom. The Morgan fingerprint density at radius 2 is 2.00 bits per heavy atom. The van der Waals surface area contributed by atoms with Crippen LogP contribution in [-0.2, 0) is 6.42 Å². The molecule has 0 amide bonds. The molecular weight excluding hydrogens is 250 g/mol. The second kappa shape index (κ2) is 5.85. The molecule has 1 aromatic rings. The van der Waals surface area contributed by atoms with E-state index in [-0.39, 0.29) is 6.61 Å². The van der Waals surface area contributed by atoms with Gasteiger partial charge in [-0.05, 0) is 25.7 Å². The van der Waals surface area contributed by atoms with E-state index in [4.69, 9.17) is 16.7 Å². The van der Waals surface area contributed by atoms with Gasteiger partial charge in [0.05, 0.1) is 0 Å². The molecule has 1 fully saturated rings. The second-order valence-electron chi connectivity index (χ2n) is 4.85. The Kier molecular flexibility index (Phi) is 4.40. The van der Waals surface area contributed by atoms with Crippen LogP contribution in [0, 0.1) is 12.8 Å². The number of nitrogens with zero attached hydrogens (tertiary/aromatic N) is 3. The molecule has 0 saturated carbocycles. The van der Waals surface area contributed by atoms with E-state index in [1.165, 1.54) is 0 Å². The van der Waals surface area contributed by atoms with E-state index in [1.807, 2.05) is 13.8 Å². The molecule has 0 aliphatic carbocycles. The van der Waals surface area contributed by atoms with Crippen molar-refractivity contribution in [3.63, 3.8) is 0 Å². The Balaban J connectivity index is 2.20. The molecular formula is C13H20ClN3O. The zero-order chi connectivity index (χ0) is 13.1. The number of hydrogen-bond donors (Lipinski definition) is 1. The SMILES string of the molecule is CCc1nc(Cl)c(C)c(N2CCC(CO)CC2)n1. The number of anilines is 1. The molecule has 1 saturated heterocycles. The van der Waals surface area contributed by atoms with Crippen molar-refractivity contribution in [2.45, 2.75) is 33.1 Å². The number of aliphatic hydroxyl groups excluding tert-OH is 1. The lowest BCUT2D eigenvalue weighted by molar-refractivity contribution is 0.202. The zero-order valence-corrected chi connectivity index (χ0v) is 11.7. The summed E-state index contributed by atoms with van der Waals surface area (Å²) in [6.45, 7) is 6.15. The summed E-state index contributed by atoms with van der Waals surface area (Å²) in [6.07, 6.45) is 2.82. The van der Waals surface area contributed by atoms with Crippen molar-refractivity contribution in [3.05, 3.63) is 16.5 Å². The van der Waals surface area contributed by atoms with Crippen LogP contribution in [0.4, 0.5) is 5.82 Å². The van der Waals surface area contributed by atoms with Gasteiger partial charge in [0, 0.05) is 31.7 Å². The molecule has 2 heterocycles. The van der Waals surface area contributed by atoms with Crippen molar-refractivity contribution >= 4 is 17.4 Å². The van der Waals surface area contributed by atoms with E-state index in [9.17, 15) is 0 Å². The molecule has 0 aromatic carbocycles. The number of aryl methyl sites for hydroxylation is 1. The maximum Gasteiger partial charge on any atom is 0.137 e. The Morgan fingerprint density at radius 1 is 1.33 bits per heavy atom. The monoisotopic (exact) mass is 269 g/mol. The van der Waals surface area contributed by atoms with Gasteiger partial charge in [-0.15, -0.1) is 0 Å². The standard InChI is InChI=1S/C13H20ClN3O/c1-3-11-15-12(14)9(2)13(16-11)17-6-4-10(8-18)5-7-17/h10,18H,3-8H2,1-2H3. The van der Waals surface area contributed by atoms with Gasteiger partial charge in [0.15, 0.2) is 0 Å². The highest BCUT2D eigenvalue weighted by atomic mass is 35.5. The summed E-state index contributed by atoms with van der Waals surface area (Å²) in [5.41, 5.74) is 0.955. The lowest BCUT2D eigenvalue weighted by Gasteiger charge is -2.33. The largest absolute Gasteiger partial charge is 0.396 e. The van der Waals surface area contributed by atoms with E-state index in [0.29, 0.717) is 11.1 Å². The zero-order valence-electron chi connectivity index (χ0n) is 11.0. The van der Waals surface area contributed by atoms with Gasteiger partial charge in [0.1, 0.15) is 16.8 Å². The molecule has 100 valence electrons. The van der Waals surface area contributed by atoms with Crippen LogP contribution in [0.1, 0.15) is 31.2 Å². The van der Waals surface area contributed by atoms with Gasteiger partial charge in [-0.2, -0.15) is 0 Å². The molecule has 2 rings (SSSR count). The van der Waals surface area contributed by atoms with E-state index in [2.05, 4.69) is 14.9 Å². The predicted molar refractivity (Wildman–Crippen MR) is 73.2 cm³/mol. The number of halogens is 1. The van der Waals surface area contributed by atoms with Crippen LogP contribution in [0.15, 0.2) is 0 Å². The summed E-state index contributed by atoms with van der Waals surface area (Å²) in [7, 11) is 0. The van der Waals surface area contributed by atoms with Crippen LogP contribution in [0.2, 0.25) is 5.15 Å².